The number of benzene rings is 1. The van der Waals surface area contributed by atoms with Crippen LogP contribution in [0.1, 0.15) is 40.5 Å². The van der Waals surface area contributed by atoms with E-state index in [0.29, 0.717) is 6.04 Å². The molecule has 0 heterocycles. The van der Waals surface area contributed by atoms with Gasteiger partial charge in [-0.2, -0.15) is 0 Å². The molecule has 0 fully saturated rings. The van der Waals surface area contributed by atoms with E-state index < -0.39 is 0 Å². The van der Waals surface area contributed by atoms with Gasteiger partial charge in [-0.05, 0) is 39.3 Å². The van der Waals surface area contributed by atoms with Crippen LogP contribution in [0.5, 0.6) is 11.5 Å². The minimum atomic E-state index is 0.170. The van der Waals surface area contributed by atoms with Gasteiger partial charge in [-0.15, -0.1) is 0 Å². The van der Waals surface area contributed by atoms with E-state index in [4.69, 9.17) is 9.47 Å². The van der Waals surface area contributed by atoms with Crippen molar-refractivity contribution in [2.45, 2.75) is 52.7 Å². The lowest BCUT2D eigenvalue weighted by atomic mass is 10.2. The van der Waals surface area contributed by atoms with E-state index in [0.717, 1.165) is 31.1 Å². The van der Waals surface area contributed by atoms with Crippen LogP contribution in [0, 0.1) is 0 Å². The lowest BCUT2D eigenvalue weighted by Crippen LogP contribution is -2.89. The largest absolute Gasteiger partial charge is 0.489 e. The van der Waals surface area contributed by atoms with Crippen molar-refractivity contribution in [1.29, 1.82) is 0 Å². The molecule has 108 valence electrons. The summed E-state index contributed by atoms with van der Waals surface area (Å²) in [5.74, 6) is 1.68. The van der Waals surface area contributed by atoms with Gasteiger partial charge in [0.15, 0.2) is 11.5 Å². The smallest absolute Gasteiger partial charge is 0.161 e. The number of nitrogens with two attached hydrogens (primary N) is 1. The number of quaternary nitrogens is 1. The molecule has 0 aliphatic heterocycles. The fourth-order valence-corrected chi connectivity index (χ4v) is 1.76. The fraction of sp³-hybridized carbons (Fsp3) is 0.625. The number of ether oxygens (including phenoxy) is 2. The third-order valence-corrected chi connectivity index (χ3v) is 3.03. The van der Waals surface area contributed by atoms with Gasteiger partial charge in [-0.3, -0.25) is 0 Å². The Balaban J connectivity index is 2.32. The van der Waals surface area contributed by atoms with Crippen molar-refractivity contribution in [3.8, 4) is 11.5 Å². The maximum atomic E-state index is 5.81. The number of rotatable bonds is 9. The predicted octanol–water partition coefficient (Wildman–Crippen LogP) is 2.60. The monoisotopic (exact) mass is 266 g/mol. The number of hydrogen-bond donors (Lipinski definition) is 1. The van der Waals surface area contributed by atoms with E-state index in [1.165, 1.54) is 6.42 Å². The number of para-hydroxylation sites is 2. The third kappa shape index (κ3) is 6.48. The van der Waals surface area contributed by atoms with Crippen molar-refractivity contribution in [1.82, 2.24) is 0 Å². The SMILES string of the molecule is CC[C@H](C)[NH2+]CCCOc1ccccc1OC(C)C. The average Bonchev–Trinajstić information content (AvgIpc) is 2.39. The van der Waals surface area contributed by atoms with Gasteiger partial charge >= 0.3 is 0 Å². The molecule has 19 heavy (non-hydrogen) atoms. The summed E-state index contributed by atoms with van der Waals surface area (Å²) in [7, 11) is 0. The second kappa shape index (κ2) is 8.81. The van der Waals surface area contributed by atoms with Crippen LogP contribution < -0.4 is 14.8 Å². The lowest BCUT2D eigenvalue weighted by molar-refractivity contribution is -0.686. The van der Waals surface area contributed by atoms with E-state index in [9.17, 15) is 0 Å². The third-order valence-electron chi connectivity index (χ3n) is 3.03. The van der Waals surface area contributed by atoms with Gasteiger partial charge in [-0.1, -0.05) is 19.1 Å². The van der Waals surface area contributed by atoms with Crippen LogP contribution in [0.15, 0.2) is 24.3 Å². The maximum absolute atomic E-state index is 5.81. The van der Waals surface area contributed by atoms with Gasteiger partial charge in [0.25, 0.3) is 0 Å². The summed E-state index contributed by atoms with van der Waals surface area (Å²) in [5, 5.41) is 2.37. The standard InChI is InChI=1S/C16H27NO2/c1-5-14(4)17-11-8-12-18-15-9-6-7-10-16(15)19-13(2)3/h6-7,9-10,13-14,17H,5,8,11-12H2,1-4H3/p+1/t14-/m0/s1. The predicted molar refractivity (Wildman–Crippen MR) is 78.9 cm³/mol. The van der Waals surface area contributed by atoms with Crippen LogP contribution in [-0.2, 0) is 0 Å². The Labute approximate surface area is 117 Å². The second-order valence-corrected chi connectivity index (χ2v) is 5.23. The van der Waals surface area contributed by atoms with E-state index in [1.807, 2.05) is 38.1 Å². The maximum Gasteiger partial charge on any atom is 0.161 e. The Morgan fingerprint density at radius 2 is 1.79 bits per heavy atom. The fourth-order valence-electron chi connectivity index (χ4n) is 1.76. The summed E-state index contributed by atoms with van der Waals surface area (Å²) < 4.78 is 11.5. The highest BCUT2D eigenvalue weighted by molar-refractivity contribution is 5.39. The minimum Gasteiger partial charge on any atom is -0.489 e. The summed E-state index contributed by atoms with van der Waals surface area (Å²) in [6.07, 6.45) is 2.44. The second-order valence-electron chi connectivity index (χ2n) is 5.23. The molecule has 0 saturated heterocycles. The van der Waals surface area contributed by atoms with Gasteiger partial charge in [-0.25, -0.2) is 0 Å². The van der Waals surface area contributed by atoms with Gasteiger partial charge in [0.05, 0.1) is 25.3 Å². The van der Waals surface area contributed by atoms with Crippen molar-refractivity contribution in [3.05, 3.63) is 24.3 Å². The first-order valence-corrected chi connectivity index (χ1v) is 7.35. The van der Waals surface area contributed by atoms with Crippen LogP contribution in [0.4, 0.5) is 0 Å². The van der Waals surface area contributed by atoms with Crippen LogP contribution in [0.3, 0.4) is 0 Å². The molecule has 0 bridgehead atoms. The summed E-state index contributed by atoms with van der Waals surface area (Å²) in [6.45, 7) is 10.4. The molecule has 1 atom stereocenters. The summed E-state index contributed by atoms with van der Waals surface area (Å²) >= 11 is 0. The molecular weight excluding hydrogens is 238 g/mol. The van der Waals surface area contributed by atoms with E-state index in [-0.39, 0.29) is 6.10 Å². The van der Waals surface area contributed by atoms with Gasteiger partial charge in [0.1, 0.15) is 0 Å². The minimum absolute atomic E-state index is 0.170. The van der Waals surface area contributed by atoms with Crippen molar-refractivity contribution in [3.63, 3.8) is 0 Å². The molecular formula is C16H28NO2+. The van der Waals surface area contributed by atoms with Crippen LogP contribution in [0.2, 0.25) is 0 Å². The number of hydrogen-bond acceptors (Lipinski definition) is 2. The zero-order valence-electron chi connectivity index (χ0n) is 12.7. The molecule has 0 spiro atoms. The molecule has 0 aliphatic carbocycles. The van der Waals surface area contributed by atoms with Crippen molar-refractivity contribution < 1.29 is 14.8 Å². The van der Waals surface area contributed by atoms with Crippen LogP contribution in [0.25, 0.3) is 0 Å². The molecule has 3 nitrogen and oxygen atoms in total. The Morgan fingerprint density at radius 1 is 1.11 bits per heavy atom. The van der Waals surface area contributed by atoms with Crippen molar-refractivity contribution >= 4 is 0 Å². The Morgan fingerprint density at radius 3 is 2.42 bits per heavy atom. The molecule has 1 aromatic rings. The Kier molecular flexibility index (Phi) is 7.34. The summed E-state index contributed by atoms with van der Waals surface area (Å²) in [4.78, 5) is 0. The molecule has 0 unspecified atom stereocenters. The molecule has 1 aromatic carbocycles. The highest BCUT2D eigenvalue weighted by Crippen LogP contribution is 2.27. The Hall–Kier alpha value is -1.22. The first kappa shape index (κ1) is 15.8. The molecule has 0 amide bonds. The highest BCUT2D eigenvalue weighted by Gasteiger charge is 2.06. The average molecular weight is 266 g/mol. The van der Waals surface area contributed by atoms with Crippen molar-refractivity contribution in [2.24, 2.45) is 0 Å². The molecule has 0 aromatic heterocycles. The zero-order valence-corrected chi connectivity index (χ0v) is 12.7. The van der Waals surface area contributed by atoms with E-state index in [1.54, 1.807) is 0 Å². The summed E-state index contributed by atoms with van der Waals surface area (Å²) in [6, 6.07) is 8.59. The van der Waals surface area contributed by atoms with Gasteiger partial charge in [0, 0.05) is 6.42 Å². The van der Waals surface area contributed by atoms with Crippen molar-refractivity contribution in [2.75, 3.05) is 13.2 Å². The Bertz CT molecular complexity index is 352. The first-order valence-electron chi connectivity index (χ1n) is 7.35. The molecule has 0 radical (unpaired) electrons. The van der Waals surface area contributed by atoms with E-state index >= 15 is 0 Å². The van der Waals surface area contributed by atoms with Gasteiger partial charge < -0.3 is 14.8 Å². The first-order chi connectivity index (χ1) is 9.13. The zero-order chi connectivity index (χ0) is 14.1. The molecule has 3 heteroatoms. The molecule has 2 N–H and O–H groups in total. The highest BCUT2D eigenvalue weighted by atomic mass is 16.5. The quantitative estimate of drug-likeness (QED) is 0.697. The topological polar surface area (TPSA) is 35.1 Å². The molecule has 1 rings (SSSR count). The lowest BCUT2D eigenvalue weighted by Gasteiger charge is -2.14. The van der Waals surface area contributed by atoms with Crippen LogP contribution in [-0.4, -0.2) is 25.3 Å². The molecule has 0 aliphatic rings. The molecule has 0 saturated carbocycles. The normalized spacial score (nSPS) is 12.5. The summed E-state index contributed by atoms with van der Waals surface area (Å²) in [5.41, 5.74) is 0. The van der Waals surface area contributed by atoms with E-state index in [2.05, 4.69) is 19.2 Å². The van der Waals surface area contributed by atoms with Crippen LogP contribution >= 0.6 is 0 Å². The van der Waals surface area contributed by atoms with Gasteiger partial charge in [0.2, 0.25) is 0 Å².